The Bertz CT molecular complexity index is 709. The number of anilines is 1. The van der Waals surface area contributed by atoms with Crippen LogP contribution in [0.5, 0.6) is 0 Å². The van der Waals surface area contributed by atoms with Crippen LogP contribution < -0.4 is 10.9 Å². The van der Waals surface area contributed by atoms with Gasteiger partial charge in [0.2, 0.25) is 0 Å². The van der Waals surface area contributed by atoms with Crippen molar-refractivity contribution >= 4 is 28.1 Å². The molecule has 3 N–H and O–H groups in total. The molecule has 0 bridgehead atoms. The van der Waals surface area contributed by atoms with Crippen molar-refractivity contribution in [1.29, 1.82) is 0 Å². The van der Waals surface area contributed by atoms with Gasteiger partial charge in [-0.1, -0.05) is 6.08 Å². The lowest BCUT2D eigenvalue weighted by Crippen LogP contribution is -2.31. The van der Waals surface area contributed by atoms with Crippen LogP contribution in [0.4, 0.5) is 17.2 Å². The number of nitrogens with two attached hydrogens (primary N) is 1. The fourth-order valence-corrected chi connectivity index (χ4v) is 1.77. The molecular weight excluding hydrogens is 268 g/mol. The second-order valence-corrected chi connectivity index (χ2v) is 3.89. The maximum absolute atomic E-state index is 11.0. The second-order valence-electron chi connectivity index (χ2n) is 3.89. The lowest BCUT2D eigenvalue weighted by molar-refractivity contribution is -0.393. The van der Waals surface area contributed by atoms with Crippen molar-refractivity contribution in [2.75, 3.05) is 11.6 Å². The minimum Gasteiger partial charge on any atom is -0.289 e. The van der Waals surface area contributed by atoms with E-state index in [0.717, 1.165) is 6.07 Å². The van der Waals surface area contributed by atoms with Gasteiger partial charge in [0.05, 0.1) is 27.8 Å². The number of aromatic nitrogens is 2. The standard InChI is InChI=1S/C10H10N6O4/c1-2-3-14(11)10-7-4-6(15(17)18)5-8(16(19)20)9(7)12-13-10/h2,4-5H,1,3,11H2,(H,12,13). The third kappa shape index (κ3) is 2.14. The number of non-ortho nitro benzene ring substituents is 2. The number of hydrogen-bond donors (Lipinski definition) is 2. The summed E-state index contributed by atoms with van der Waals surface area (Å²) in [7, 11) is 0. The maximum Gasteiger partial charge on any atom is 0.301 e. The largest absolute Gasteiger partial charge is 0.301 e. The minimum atomic E-state index is -0.717. The lowest BCUT2D eigenvalue weighted by atomic mass is 10.2. The fraction of sp³-hybridized carbons (Fsp3) is 0.100. The van der Waals surface area contributed by atoms with Gasteiger partial charge in [-0.15, -0.1) is 6.58 Å². The second kappa shape index (κ2) is 4.93. The topological polar surface area (TPSA) is 144 Å². The molecule has 0 amide bonds. The summed E-state index contributed by atoms with van der Waals surface area (Å²) in [5.41, 5.74) is -0.756. The van der Waals surface area contributed by atoms with E-state index < -0.39 is 21.2 Å². The van der Waals surface area contributed by atoms with E-state index in [2.05, 4.69) is 16.8 Å². The molecule has 2 aromatic rings. The maximum atomic E-state index is 11.0. The Balaban J connectivity index is 2.73. The Kier molecular flexibility index (Phi) is 3.31. The number of hydrazine groups is 1. The van der Waals surface area contributed by atoms with Gasteiger partial charge in [0.25, 0.3) is 5.69 Å². The van der Waals surface area contributed by atoms with Crippen molar-refractivity contribution in [2.45, 2.75) is 0 Å². The molecule has 0 radical (unpaired) electrons. The van der Waals surface area contributed by atoms with E-state index >= 15 is 0 Å². The Morgan fingerprint density at radius 1 is 1.40 bits per heavy atom. The highest BCUT2D eigenvalue weighted by molar-refractivity contribution is 5.97. The minimum absolute atomic E-state index is 0.0788. The van der Waals surface area contributed by atoms with Crippen molar-refractivity contribution in [1.82, 2.24) is 10.2 Å². The van der Waals surface area contributed by atoms with Crippen LogP contribution in [0.3, 0.4) is 0 Å². The molecule has 0 spiro atoms. The summed E-state index contributed by atoms with van der Waals surface area (Å²) in [4.78, 5) is 20.4. The van der Waals surface area contributed by atoms with E-state index in [1.165, 1.54) is 17.2 Å². The summed E-state index contributed by atoms with van der Waals surface area (Å²) in [6.07, 6.45) is 1.51. The van der Waals surface area contributed by atoms with E-state index in [9.17, 15) is 20.2 Å². The molecule has 2 rings (SSSR count). The first-order valence-electron chi connectivity index (χ1n) is 5.39. The van der Waals surface area contributed by atoms with E-state index in [1.807, 2.05) is 0 Å². The molecule has 1 aromatic carbocycles. The van der Waals surface area contributed by atoms with Gasteiger partial charge in [-0.25, -0.2) is 5.84 Å². The zero-order chi connectivity index (χ0) is 14.9. The molecule has 0 aliphatic carbocycles. The van der Waals surface area contributed by atoms with Crippen LogP contribution in [-0.2, 0) is 0 Å². The predicted molar refractivity (Wildman–Crippen MR) is 71.1 cm³/mol. The average Bonchev–Trinajstić information content (AvgIpc) is 2.81. The number of rotatable bonds is 5. The van der Waals surface area contributed by atoms with Crippen molar-refractivity contribution in [3.05, 3.63) is 45.0 Å². The van der Waals surface area contributed by atoms with Gasteiger partial charge in [0.1, 0.15) is 5.52 Å². The number of nitrogens with zero attached hydrogens (tertiary/aromatic N) is 4. The van der Waals surface area contributed by atoms with Crippen molar-refractivity contribution in [2.24, 2.45) is 5.84 Å². The highest BCUT2D eigenvalue weighted by Crippen LogP contribution is 2.33. The van der Waals surface area contributed by atoms with Gasteiger partial charge in [0, 0.05) is 6.07 Å². The summed E-state index contributed by atoms with van der Waals surface area (Å²) >= 11 is 0. The van der Waals surface area contributed by atoms with E-state index in [1.54, 1.807) is 0 Å². The van der Waals surface area contributed by atoms with Gasteiger partial charge in [-0.3, -0.25) is 30.3 Å². The molecule has 0 fully saturated rings. The number of hydrogen-bond acceptors (Lipinski definition) is 7. The zero-order valence-corrected chi connectivity index (χ0v) is 10.1. The molecule has 10 heteroatoms. The predicted octanol–water partition coefficient (Wildman–Crippen LogP) is 1.25. The molecule has 0 saturated heterocycles. The number of nitro benzene ring substituents is 2. The number of nitro groups is 2. The number of benzene rings is 1. The first-order chi connectivity index (χ1) is 9.45. The molecule has 1 aromatic heterocycles. The Hall–Kier alpha value is -3.01. The SMILES string of the molecule is C=CCN(N)c1n[nH]c2c([N+](=O)[O-])cc([N+](=O)[O-])cc12. The zero-order valence-electron chi connectivity index (χ0n) is 10.1. The van der Waals surface area contributed by atoms with Crippen LogP contribution in [-0.4, -0.2) is 26.6 Å². The van der Waals surface area contributed by atoms with Gasteiger partial charge < -0.3 is 0 Å². The molecule has 1 heterocycles. The molecule has 0 saturated carbocycles. The summed E-state index contributed by atoms with van der Waals surface area (Å²) in [6, 6.07) is 2.06. The average molecular weight is 278 g/mol. The highest BCUT2D eigenvalue weighted by atomic mass is 16.6. The first-order valence-corrected chi connectivity index (χ1v) is 5.39. The first kappa shape index (κ1) is 13.4. The van der Waals surface area contributed by atoms with Crippen LogP contribution >= 0.6 is 0 Å². The molecule has 10 nitrogen and oxygen atoms in total. The highest BCUT2D eigenvalue weighted by Gasteiger charge is 2.24. The molecule has 0 aliphatic heterocycles. The number of H-pyrrole nitrogens is 1. The summed E-state index contributed by atoms with van der Waals surface area (Å²) in [5.74, 6) is 5.88. The summed E-state index contributed by atoms with van der Waals surface area (Å²) in [5, 5.41) is 29.5. The Labute approximate surface area is 111 Å². The Morgan fingerprint density at radius 2 is 2.10 bits per heavy atom. The van der Waals surface area contributed by atoms with Crippen LogP contribution in [0.2, 0.25) is 0 Å². The van der Waals surface area contributed by atoms with Crippen LogP contribution in [0.1, 0.15) is 0 Å². The van der Waals surface area contributed by atoms with Crippen LogP contribution in [0.25, 0.3) is 10.9 Å². The number of aromatic amines is 1. The lowest BCUT2D eigenvalue weighted by Gasteiger charge is -2.12. The number of fused-ring (bicyclic) bond motifs is 1. The van der Waals surface area contributed by atoms with Gasteiger partial charge in [0.15, 0.2) is 5.82 Å². The molecular formula is C10H10N6O4. The summed E-state index contributed by atoms with van der Waals surface area (Å²) in [6.45, 7) is 3.74. The van der Waals surface area contributed by atoms with E-state index in [4.69, 9.17) is 5.84 Å². The third-order valence-electron chi connectivity index (χ3n) is 2.62. The van der Waals surface area contributed by atoms with Crippen molar-refractivity contribution in [3.63, 3.8) is 0 Å². The molecule has 0 aliphatic rings. The third-order valence-corrected chi connectivity index (χ3v) is 2.62. The normalized spacial score (nSPS) is 10.4. The van der Waals surface area contributed by atoms with E-state index in [0.29, 0.717) is 0 Å². The monoisotopic (exact) mass is 278 g/mol. The fourth-order valence-electron chi connectivity index (χ4n) is 1.77. The molecule has 0 atom stereocenters. The molecule has 104 valence electrons. The Morgan fingerprint density at radius 3 is 2.65 bits per heavy atom. The summed E-state index contributed by atoms with van der Waals surface area (Å²) < 4.78 is 0. The smallest absolute Gasteiger partial charge is 0.289 e. The van der Waals surface area contributed by atoms with Crippen molar-refractivity contribution < 1.29 is 9.85 Å². The van der Waals surface area contributed by atoms with Gasteiger partial charge in [-0.2, -0.15) is 5.10 Å². The van der Waals surface area contributed by atoms with Crippen molar-refractivity contribution in [3.8, 4) is 0 Å². The quantitative estimate of drug-likeness (QED) is 0.362. The van der Waals surface area contributed by atoms with E-state index in [-0.39, 0.29) is 23.3 Å². The van der Waals surface area contributed by atoms with Crippen LogP contribution in [0, 0.1) is 20.2 Å². The van der Waals surface area contributed by atoms with Gasteiger partial charge >= 0.3 is 5.69 Å². The van der Waals surface area contributed by atoms with Crippen LogP contribution in [0.15, 0.2) is 24.8 Å². The molecule has 20 heavy (non-hydrogen) atoms. The molecule has 0 unspecified atom stereocenters. The van der Waals surface area contributed by atoms with Gasteiger partial charge in [-0.05, 0) is 0 Å². The number of nitrogens with one attached hydrogen (secondary N) is 1.